The summed E-state index contributed by atoms with van der Waals surface area (Å²) < 4.78 is 5.44. The lowest BCUT2D eigenvalue weighted by Crippen LogP contribution is -2.38. The molecule has 1 aromatic heterocycles. The largest absolute Gasteiger partial charge is 0.407 e. The molecule has 2 heterocycles. The minimum absolute atomic E-state index is 0.279. The van der Waals surface area contributed by atoms with E-state index in [0.717, 1.165) is 19.4 Å². The number of nitrogens with zero attached hydrogens (tertiary/aromatic N) is 3. The minimum Gasteiger partial charge on any atom is -0.407 e. The molecule has 2 N–H and O–H groups in total. The molecule has 0 aromatic carbocycles. The van der Waals surface area contributed by atoms with E-state index in [0.29, 0.717) is 25.0 Å². The van der Waals surface area contributed by atoms with Crippen molar-refractivity contribution in [3.8, 4) is 0 Å². The van der Waals surface area contributed by atoms with Gasteiger partial charge in [0.05, 0.1) is 12.6 Å². The average Bonchev–Trinajstić information content (AvgIpc) is 2.67. The van der Waals surface area contributed by atoms with Gasteiger partial charge >= 0.3 is 6.01 Å². The molecular weight excluding hydrogens is 196 g/mol. The Morgan fingerprint density at radius 1 is 1.60 bits per heavy atom. The first-order valence-corrected chi connectivity index (χ1v) is 5.19. The van der Waals surface area contributed by atoms with Gasteiger partial charge < -0.3 is 19.7 Å². The van der Waals surface area contributed by atoms with Crippen LogP contribution in [0.5, 0.6) is 0 Å². The lowest BCUT2D eigenvalue weighted by Gasteiger charge is -2.28. The molecule has 1 aliphatic heterocycles. The molecule has 6 nitrogen and oxygen atoms in total. The van der Waals surface area contributed by atoms with E-state index in [4.69, 9.17) is 4.42 Å². The summed E-state index contributed by atoms with van der Waals surface area (Å²) in [7, 11) is 1.83. The maximum atomic E-state index is 9.51. The Kier molecular flexibility index (Phi) is 3.17. The number of anilines is 1. The Bertz CT molecular complexity index is 315. The summed E-state index contributed by atoms with van der Waals surface area (Å²) in [5, 5.41) is 20.3. The zero-order valence-corrected chi connectivity index (χ0v) is 8.81. The lowest BCUT2D eigenvalue weighted by atomic mass is 10.1. The van der Waals surface area contributed by atoms with Crippen molar-refractivity contribution in [2.75, 3.05) is 25.0 Å². The van der Waals surface area contributed by atoms with E-state index in [9.17, 15) is 5.11 Å². The van der Waals surface area contributed by atoms with E-state index in [2.05, 4.69) is 15.5 Å². The summed E-state index contributed by atoms with van der Waals surface area (Å²) >= 11 is 0. The molecule has 0 saturated carbocycles. The van der Waals surface area contributed by atoms with Crippen LogP contribution in [0.2, 0.25) is 0 Å². The second-order valence-corrected chi connectivity index (χ2v) is 3.75. The van der Waals surface area contributed by atoms with Crippen LogP contribution in [0.15, 0.2) is 4.42 Å². The van der Waals surface area contributed by atoms with Crippen LogP contribution in [0.4, 0.5) is 6.01 Å². The molecule has 0 aliphatic carbocycles. The van der Waals surface area contributed by atoms with Crippen molar-refractivity contribution in [3.63, 3.8) is 0 Å². The summed E-state index contributed by atoms with van der Waals surface area (Å²) in [5.41, 5.74) is 0. The standard InChI is InChI=1S/C9H16N4O2/c1-10-5-8-11-12-9(15-8)13-4-2-3-7(14)6-13/h7,10,14H,2-6H2,1H3. The highest BCUT2D eigenvalue weighted by Crippen LogP contribution is 2.18. The molecule has 1 aliphatic rings. The van der Waals surface area contributed by atoms with Gasteiger partial charge in [0, 0.05) is 13.1 Å². The van der Waals surface area contributed by atoms with E-state index in [1.54, 1.807) is 0 Å². The van der Waals surface area contributed by atoms with Gasteiger partial charge in [0.2, 0.25) is 5.89 Å². The van der Waals surface area contributed by atoms with E-state index in [1.165, 1.54) is 0 Å². The first kappa shape index (κ1) is 10.4. The summed E-state index contributed by atoms with van der Waals surface area (Å²) in [6, 6.07) is 0.513. The molecule has 0 amide bonds. The first-order valence-electron chi connectivity index (χ1n) is 5.19. The van der Waals surface area contributed by atoms with Gasteiger partial charge in [0.1, 0.15) is 0 Å². The molecule has 1 aromatic rings. The van der Waals surface area contributed by atoms with Crippen LogP contribution in [0.25, 0.3) is 0 Å². The summed E-state index contributed by atoms with van der Waals surface area (Å²) in [5.74, 6) is 0.576. The number of aromatic nitrogens is 2. The van der Waals surface area contributed by atoms with Crippen molar-refractivity contribution >= 4 is 6.01 Å². The fourth-order valence-electron chi connectivity index (χ4n) is 1.72. The lowest BCUT2D eigenvalue weighted by molar-refractivity contribution is 0.151. The predicted octanol–water partition coefficient (Wildman–Crippen LogP) is -0.250. The highest BCUT2D eigenvalue weighted by atomic mass is 16.4. The van der Waals surface area contributed by atoms with Gasteiger partial charge in [-0.25, -0.2) is 0 Å². The Balaban J connectivity index is 2.01. The van der Waals surface area contributed by atoms with Gasteiger partial charge in [-0.3, -0.25) is 0 Å². The number of hydrogen-bond acceptors (Lipinski definition) is 6. The predicted molar refractivity (Wildman–Crippen MR) is 54.5 cm³/mol. The van der Waals surface area contributed by atoms with Gasteiger partial charge in [0.15, 0.2) is 0 Å². The average molecular weight is 212 g/mol. The molecular formula is C9H16N4O2. The van der Waals surface area contributed by atoms with E-state index < -0.39 is 0 Å². The molecule has 2 rings (SSSR count). The molecule has 1 unspecified atom stereocenters. The molecule has 15 heavy (non-hydrogen) atoms. The van der Waals surface area contributed by atoms with Crippen LogP contribution in [0.1, 0.15) is 18.7 Å². The highest BCUT2D eigenvalue weighted by molar-refractivity contribution is 5.25. The fraction of sp³-hybridized carbons (Fsp3) is 0.778. The van der Waals surface area contributed by atoms with Crippen molar-refractivity contribution in [2.24, 2.45) is 0 Å². The molecule has 0 bridgehead atoms. The van der Waals surface area contributed by atoms with Crippen LogP contribution < -0.4 is 10.2 Å². The van der Waals surface area contributed by atoms with Crippen LogP contribution in [0.3, 0.4) is 0 Å². The maximum absolute atomic E-state index is 9.51. The third-order valence-electron chi connectivity index (χ3n) is 2.45. The first-order chi connectivity index (χ1) is 7.29. The second kappa shape index (κ2) is 4.59. The number of aliphatic hydroxyl groups excluding tert-OH is 1. The van der Waals surface area contributed by atoms with Crippen molar-refractivity contribution in [2.45, 2.75) is 25.5 Å². The zero-order chi connectivity index (χ0) is 10.7. The number of β-amino-alcohol motifs (C(OH)–C–C–N with tert-alkyl or cyclic N) is 1. The summed E-state index contributed by atoms with van der Waals surface area (Å²) in [6.45, 7) is 2.03. The van der Waals surface area contributed by atoms with Gasteiger partial charge in [0.25, 0.3) is 0 Å². The molecule has 1 atom stereocenters. The summed E-state index contributed by atoms with van der Waals surface area (Å²) in [6.07, 6.45) is 1.54. The molecule has 84 valence electrons. The van der Waals surface area contributed by atoms with Crippen LogP contribution in [0, 0.1) is 0 Å². The topological polar surface area (TPSA) is 74.4 Å². The van der Waals surface area contributed by atoms with E-state index in [1.807, 2.05) is 11.9 Å². The molecule has 6 heteroatoms. The van der Waals surface area contributed by atoms with Gasteiger partial charge in [-0.05, 0) is 19.9 Å². The molecule has 1 saturated heterocycles. The number of aliphatic hydroxyl groups is 1. The number of piperidine rings is 1. The third-order valence-corrected chi connectivity index (χ3v) is 2.45. The van der Waals surface area contributed by atoms with Gasteiger partial charge in [-0.2, -0.15) is 0 Å². The Morgan fingerprint density at radius 3 is 3.20 bits per heavy atom. The Labute approximate surface area is 88.3 Å². The zero-order valence-electron chi connectivity index (χ0n) is 8.81. The van der Waals surface area contributed by atoms with Crippen molar-refractivity contribution in [1.29, 1.82) is 0 Å². The molecule has 0 radical (unpaired) electrons. The van der Waals surface area contributed by atoms with Crippen molar-refractivity contribution in [3.05, 3.63) is 5.89 Å². The Morgan fingerprint density at radius 2 is 2.47 bits per heavy atom. The number of rotatable bonds is 3. The SMILES string of the molecule is CNCc1nnc(N2CCCC(O)C2)o1. The normalized spacial score (nSPS) is 22.0. The molecule has 0 spiro atoms. The monoisotopic (exact) mass is 212 g/mol. The highest BCUT2D eigenvalue weighted by Gasteiger charge is 2.21. The quantitative estimate of drug-likeness (QED) is 0.719. The number of hydrogen-bond donors (Lipinski definition) is 2. The molecule has 1 fully saturated rings. The van der Waals surface area contributed by atoms with Crippen LogP contribution >= 0.6 is 0 Å². The van der Waals surface area contributed by atoms with Crippen molar-refractivity contribution < 1.29 is 9.52 Å². The van der Waals surface area contributed by atoms with E-state index >= 15 is 0 Å². The second-order valence-electron chi connectivity index (χ2n) is 3.75. The smallest absolute Gasteiger partial charge is 0.318 e. The minimum atomic E-state index is -0.279. The fourth-order valence-corrected chi connectivity index (χ4v) is 1.72. The van der Waals surface area contributed by atoms with E-state index in [-0.39, 0.29) is 6.10 Å². The summed E-state index contributed by atoms with van der Waals surface area (Å²) in [4.78, 5) is 1.93. The van der Waals surface area contributed by atoms with Crippen LogP contribution in [-0.2, 0) is 6.54 Å². The van der Waals surface area contributed by atoms with Crippen LogP contribution in [-0.4, -0.2) is 41.5 Å². The third kappa shape index (κ3) is 2.45. The maximum Gasteiger partial charge on any atom is 0.318 e. The van der Waals surface area contributed by atoms with Gasteiger partial charge in [-0.15, -0.1) is 5.10 Å². The number of nitrogens with one attached hydrogen (secondary N) is 1. The Hall–Kier alpha value is -1.14. The van der Waals surface area contributed by atoms with Crippen molar-refractivity contribution in [1.82, 2.24) is 15.5 Å². The van der Waals surface area contributed by atoms with Gasteiger partial charge in [-0.1, -0.05) is 5.10 Å².